The van der Waals surface area contributed by atoms with E-state index in [0.717, 1.165) is 4.90 Å². The number of β-amino-alcohol motifs (C(OH)–C–C–N with tert-alkyl or cyclic N) is 1. The molecule has 1 N–H and O–H groups in total. The molecule has 1 saturated heterocycles. The molecule has 1 heterocycles. The molecule has 2 atom stereocenters. The lowest BCUT2D eigenvalue weighted by molar-refractivity contribution is -0.133. The molecule has 4 heteroatoms. The van der Waals surface area contributed by atoms with Gasteiger partial charge in [0.2, 0.25) is 5.91 Å². The number of hydrogen-bond donors (Lipinski definition) is 1. The fourth-order valence-corrected chi connectivity index (χ4v) is 3.98. The molecule has 1 aliphatic rings. The minimum absolute atomic E-state index is 0.0557. The SMILES string of the molecule is [2H]C([2H])([2H])N(C(=O)C(c1ccccc1)c1ccccc1)[C@@H](c1ccccc1)C([2H])([2H])N1CC[C@H](O)C1. The quantitative estimate of drug-likeness (QED) is 0.627. The van der Waals surface area contributed by atoms with Gasteiger partial charge in [0.15, 0.2) is 0 Å². The molecule has 1 fully saturated rings. The van der Waals surface area contributed by atoms with E-state index in [0.29, 0.717) is 23.1 Å². The molecule has 0 aromatic heterocycles. The summed E-state index contributed by atoms with van der Waals surface area (Å²) in [4.78, 5) is 16.5. The highest BCUT2D eigenvalue weighted by Crippen LogP contribution is 2.31. The molecule has 0 bridgehead atoms. The van der Waals surface area contributed by atoms with Gasteiger partial charge in [-0.3, -0.25) is 9.69 Å². The number of likely N-dealkylation sites (N-methyl/N-ethyl adjacent to an activating group) is 1. The highest BCUT2D eigenvalue weighted by molar-refractivity contribution is 5.87. The third-order valence-electron chi connectivity index (χ3n) is 5.59. The third kappa shape index (κ3) is 5.04. The minimum atomic E-state index is -2.94. The van der Waals surface area contributed by atoms with Crippen LogP contribution in [0.3, 0.4) is 0 Å². The first-order chi connectivity index (χ1) is 17.1. The summed E-state index contributed by atoms with van der Waals surface area (Å²) in [5, 5.41) is 10.1. The van der Waals surface area contributed by atoms with Crippen LogP contribution in [-0.2, 0) is 4.79 Å². The van der Waals surface area contributed by atoms with Gasteiger partial charge >= 0.3 is 0 Å². The molecule has 0 unspecified atom stereocenters. The monoisotopic (exact) mass is 419 g/mol. The van der Waals surface area contributed by atoms with Crippen LogP contribution < -0.4 is 0 Å². The molecule has 0 aliphatic carbocycles. The maximum Gasteiger partial charge on any atom is 0.234 e. The molecule has 0 spiro atoms. The molecule has 31 heavy (non-hydrogen) atoms. The molecular formula is C27H30N2O2. The van der Waals surface area contributed by atoms with Gasteiger partial charge in [-0.25, -0.2) is 0 Å². The standard InChI is InChI=1S/C27H30N2O2/c1-28(25(21-11-5-2-6-12-21)20-29-18-17-24(30)19-29)27(31)26(22-13-7-3-8-14-22)23-15-9-4-10-16-23/h2-16,24-26,30H,17-20H2,1H3/t24-,25+/m0/s1/i1D3,20D2. The summed E-state index contributed by atoms with van der Waals surface area (Å²) in [5.41, 5.74) is 1.60. The Balaban J connectivity index is 1.88. The summed E-state index contributed by atoms with van der Waals surface area (Å²) in [7, 11) is 0. The van der Waals surface area contributed by atoms with Gasteiger partial charge in [0.1, 0.15) is 0 Å². The van der Waals surface area contributed by atoms with Crippen molar-refractivity contribution in [3.63, 3.8) is 0 Å². The fourth-order valence-electron chi connectivity index (χ4n) is 3.98. The average Bonchev–Trinajstić information content (AvgIpc) is 3.31. The van der Waals surface area contributed by atoms with Gasteiger partial charge in [-0.2, -0.15) is 0 Å². The molecule has 1 amide bonds. The Hall–Kier alpha value is -2.95. The number of carbonyl (C=O) groups excluding carboxylic acids is 1. The zero-order chi connectivity index (χ0) is 25.9. The van der Waals surface area contributed by atoms with Crippen LogP contribution in [0.15, 0.2) is 91.0 Å². The van der Waals surface area contributed by atoms with Crippen LogP contribution in [0.25, 0.3) is 0 Å². The number of aliphatic hydroxyl groups is 1. The predicted molar refractivity (Wildman–Crippen MR) is 124 cm³/mol. The van der Waals surface area contributed by atoms with E-state index in [1.165, 1.54) is 4.90 Å². The largest absolute Gasteiger partial charge is 0.392 e. The molecule has 0 saturated carbocycles. The minimum Gasteiger partial charge on any atom is -0.392 e. The van der Waals surface area contributed by atoms with Crippen molar-refractivity contribution >= 4 is 5.91 Å². The molecule has 4 rings (SSSR count). The Bertz CT molecular complexity index is 1100. The van der Waals surface area contributed by atoms with E-state index in [9.17, 15) is 9.90 Å². The number of benzene rings is 3. The van der Waals surface area contributed by atoms with Crippen LogP contribution in [0.2, 0.25) is 0 Å². The van der Waals surface area contributed by atoms with E-state index in [4.69, 9.17) is 6.85 Å². The second kappa shape index (κ2) is 9.90. The lowest BCUT2D eigenvalue weighted by Crippen LogP contribution is -2.41. The Morgan fingerprint density at radius 3 is 1.97 bits per heavy atom. The van der Waals surface area contributed by atoms with Gasteiger partial charge in [0, 0.05) is 33.4 Å². The van der Waals surface area contributed by atoms with E-state index < -0.39 is 37.4 Å². The van der Waals surface area contributed by atoms with Crippen molar-refractivity contribution in [2.24, 2.45) is 0 Å². The molecule has 160 valence electrons. The first-order valence-electron chi connectivity index (χ1n) is 13.0. The van der Waals surface area contributed by atoms with Crippen molar-refractivity contribution in [1.29, 1.82) is 0 Å². The summed E-state index contributed by atoms with van der Waals surface area (Å²) >= 11 is 0. The smallest absolute Gasteiger partial charge is 0.234 e. The van der Waals surface area contributed by atoms with E-state index in [-0.39, 0.29) is 13.1 Å². The van der Waals surface area contributed by atoms with Gasteiger partial charge in [0.25, 0.3) is 0 Å². The topological polar surface area (TPSA) is 43.8 Å². The molecule has 0 radical (unpaired) electrons. The Kier molecular flexibility index (Phi) is 5.05. The normalized spacial score (nSPS) is 20.8. The molecular weight excluding hydrogens is 384 g/mol. The van der Waals surface area contributed by atoms with E-state index in [2.05, 4.69) is 0 Å². The van der Waals surface area contributed by atoms with Crippen molar-refractivity contribution in [2.75, 3.05) is 26.6 Å². The zero-order valence-electron chi connectivity index (χ0n) is 22.3. The maximum absolute atomic E-state index is 14.4. The fraction of sp³-hybridized carbons (Fsp3) is 0.296. The summed E-state index contributed by atoms with van der Waals surface area (Å²) in [6.07, 6.45) is -0.339. The summed E-state index contributed by atoms with van der Waals surface area (Å²) in [5.74, 6) is -1.66. The third-order valence-corrected chi connectivity index (χ3v) is 5.59. The number of aliphatic hydroxyl groups excluding tert-OH is 1. The first-order valence-corrected chi connectivity index (χ1v) is 10.5. The number of hydrogen-bond acceptors (Lipinski definition) is 3. The van der Waals surface area contributed by atoms with Gasteiger partial charge in [-0.05, 0) is 23.1 Å². The van der Waals surface area contributed by atoms with Crippen LogP contribution in [-0.4, -0.2) is 53.5 Å². The van der Waals surface area contributed by atoms with E-state index >= 15 is 0 Å². The van der Waals surface area contributed by atoms with Crippen LogP contribution >= 0.6 is 0 Å². The van der Waals surface area contributed by atoms with Crippen LogP contribution in [0.5, 0.6) is 0 Å². The number of carbonyl (C=O) groups is 1. The highest BCUT2D eigenvalue weighted by atomic mass is 16.3. The number of rotatable bonds is 7. The highest BCUT2D eigenvalue weighted by Gasteiger charge is 2.32. The molecule has 3 aromatic rings. The van der Waals surface area contributed by atoms with Gasteiger partial charge in [-0.15, -0.1) is 0 Å². The average molecular weight is 420 g/mol. The van der Waals surface area contributed by atoms with Crippen molar-refractivity contribution in [1.82, 2.24) is 9.80 Å². The lowest BCUT2D eigenvalue weighted by atomic mass is 9.89. The van der Waals surface area contributed by atoms with Crippen molar-refractivity contribution < 1.29 is 16.8 Å². The van der Waals surface area contributed by atoms with Gasteiger partial charge in [0.05, 0.1) is 18.1 Å². The lowest BCUT2D eigenvalue weighted by Gasteiger charge is -2.34. The van der Waals surface area contributed by atoms with Gasteiger partial charge in [-0.1, -0.05) is 91.0 Å². The second-order valence-corrected chi connectivity index (χ2v) is 7.79. The van der Waals surface area contributed by atoms with Crippen LogP contribution in [0.4, 0.5) is 0 Å². The van der Waals surface area contributed by atoms with E-state index in [1.807, 2.05) is 12.1 Å². The number of nitrogens with zero attached hydrogens (tertiary/aromatic N) is 2. The van der Waals surface area contributed by atoms with Crippen molar-refractivity contribution in [2.45, 2.75) is 24.5 Å². The number of amides is 1. The summed E-state index contributed by atoms with van der Waals surface area (Å²) < 4.78 is 43.4. The number of likely N-dealkylation sites (tertiary alicyclic amines) is 1. The van der Waals surface area contributed by atoms with E-state index in [1.54, 1.807) is 78.9 Å². The van der Waals surface area contributed by atoms with Crippen molar-refractivity contribution in [3.8, 4) is 0 Å². The van der Waals surface area contributed by atoms with Crippen LogP contribution in [0, 0.1) is 0 Å². The van der Waals surface area contributed by atoms with Crippen LogP contribution in [0.1, 0.15) is 41.9 Å². The zero-order valence-corrected chi connectivity index (χ0v) is 17.3. The second-order valence-electron chi connectivity index (χ2n) is 7.79. The van der Waals surface area contributed by atoms with Gasteiger partial charge < -0.3 is 10.0 Å². The maximum atomic E-state index is 14.4. The first kappa shape index (κ1) is 15.8. The summed E-state index contributed by atoms with van der Waals surface area (Å²) in [6.45, 7) is -4.90. The molecule has 3 aromatic carbocycles. The predicted octanol–water partition coefficient (Wildman–Crippen LogP) is 4.08. The van der Waals surface area contributed by atoms with Crippen molar-refractivity contribution in [3.05, 3.63) is 108 Å². The Morgan fingerprint density at radius 2 is 1.52 bits per heavy atom. The Morgan fingerprint density at radius 1 is 1.00 bits per heavy atom. The molecule has 1 aliphatic heterocycles. The summed E-state index contributed by atoms with van der Waals surface area (Å²) in [6, 6.07) is 24.9. The Labute approximate surface area is 191 Å². The molecule has 4 nitrogen and oxygen atoms in total.